The number of ether oxygens (including phenoxy) is 1. The minimum atomic E-state index is -0.00848. The third kappa shape index (κ3) is 3.47. The highest BCUT2D eigenvalue weighted by molar-refractivity contribution is 5.93. The first-order chi connectivity index (χ1) is 9.31. The number of fused-ring (bicyclic) bond motifs is 1. The van der Waals surface area contributed by atoms with Gasteiger partial charge in [-0.1, -0.05) is 0 Å². The maximum atomic E-state index is 11.9. The average molecular weight is 297 g/mol. The zero-order valence-corrected chi connectivity index (χ0v) is 11.7. The van der Waals surface area contributed by atoms with Crippen molar-refractivity contribution in [3.8, 4) is 0 Å². The van der Waals surface area contributed by atoms with E-state index in [0.717, 1.165) is 29.7 Å². The number of hydrogen-bond donors (Lipinski definition) is 3. The number of rotatable bonds is 3. The van der Waals surface area contributed by atoms with E-state index >= 15 is 0 Å². The second-order valence-corrected chi connectivity index (χ2v) is 4.65. The molecule has 1 fully saturated rings. The molecule has 2 aromatic rings. The van der Waals surface area contributed by atoms with Crippen molar-refractivity contribution in [2.45, 2.75) is 12.5 Å². The molecule has 1 atom stereocenters. The van der Waals surface area contributed by atoms with E-state index in [2.05, 4.69) is 20.8 Å². The first-order valence-electron chi connectivity index (χ1n) is 6.35. The van der Waals surface area contributed by atoms with Crippen LogP contribution in [0.3, 0.4) is 0 Å². The van der Waals surface area contributed by atoms with E-state index in [-0.39, 0.29) is 24.4 Å². The number of morpholine rings is 1. The zero-order valence-electron chi connectivity index (χ0n) is 10.9. The van der Waals surface area contributed by atoms with E-state index in [4.69, 9.17) is 4.74 Å². The van der Waals surface area contributed by atoms with Crippen LogP contribution in [-0.2, 0) is 9.53 Å². The lowest BCUT2D eigenvalue weighted by Crippen LogP contribution is -2.43. The van der Waals surface area contributed by atoms with Crippen LogP contribution in [0.15, 0.2) is 24.4 Å². The first kappa shape index (κ1) is 14.8. The maximum Gasteiger partial charge on any atom is 0.226 e. The minimum Gasteiger partial charge on any atom is -0.378 e. The molecule has 1 aliphatic rings. The highest BCUT2D eigenvalue weighted by atomic mass is 35.5. The average Bonchev–Trinajstić information content (AvgIpc) is 2.87. The van der Waals surface area contributed by atoms with Crippen LogP contribution in [0, 0.1) is 0 Å². The molecule has 1 aromatic carbocycles. The van der Waals surface area contributed by atoms with Gasteiger partial charge in [-0.15, -0.1) is 12.4 Å². The van der Waals surface area contributed by atoms with E-state index in [0.29, 0.717) is 13.0 Å². The molecule has 0 aliphatic carbocycles. The highest BCUT2D eigenvalue weighted by Crippen LogP contribution is 2.17. The van der Waals surface area contributed by atoms with E-state index in [1.54, 1.807) is 6.20 Å². The molecule has 6 nitrogen and oxygen atoms in total. The van der Waals surface area contributed by atoms with Crippen molar-refractivity contribution >= 4 is 34.9 Å². The molecular formula is C13H17ClN4O2. The highest BCUT2D eigenvalue weighted by Gasteiger charge is 2.16. The van der Waals surface area contributed by atoms with Gasteiger partial charge < -0.3 is 15.4 Å². The summed E-state index contributed by atoms with van der Waals surface area (Å²) in [5.74, 6) is -0.00848. The lowest BCUT2D eigenvalue weighted by Gasteiger charge is -2.23. The van der Waals surface area contributed by atoms with Crippen molar-refractivity contribution in [3.63, 3.8) is 0 Å². The van der Waals surface area contributed by atoms with Gasteiger partial charge in [-0.25, -0.2) is 0 Å². The molecule has 1 saturated heterocycles. The van der Waals surface area contributed by atoms with Gasteiger partial charge in [-0.05, 0) is 18.2 Å². The van der Waals surface area contributed by atoms with Crippen LogP contribution in [0.25, 0.3) is 10.9 Å². The zero-order chi connectivity index (χ0) is 13.1. The third-order valence-corrected chi connectivity index (χ3v) is 3.15. The molecule has 0 spiro atoms. The number of halogens is 1. The summed E-state index contributed by atoms with van der Waals surface area (Å²) in [7, 11) is 0. The van der Waals surface area contributed by atoms with E-state index in [1.165, 1.54) is 0 Å². The van der Waals surface area contributed by atoms with Crippen LogP contribution in [-0.4, -0.2) is 41.9 Å². The molecule has 0 bridgehead atoms. The van der Waals surface area contributed by atoms with Gasteiger partial charge in [0, 0.05) is 30.1 Å². The van der Waals surface area contributed by atoms with Gasteiger partial charge in [0.1, 0.15) is 0 Å². The van der Waals surface area contributed by atoms with Crippen molar-refractivity contribution < 1.29 is 9.53 Å². The fraction of sp³-hybridized carbons (Fsp3) is 0.385. The largest absolute Gasteiger partial charge is 0.378 e. The lowest BCUT2D eigenvalue weighted by atomic mass is 10.2. The normalized spacial score (nSPS) is 18.5. The second kappa shape index (κ2) is 6.69. The van der Waals surface area contributed by atoms with Crippen molar-refractivity contribution in [1.29, 1.82) is 0 Å². The molecule has 1 amide bonds. The molecule has 108 valence electrons. The molecule has 7 heteroatoms. The molecule has 2 heterocycles. The summed E-state index contributed by atoms with van der Waals surface area (Å²) in [6.45, 7) is 2.11. The van der Waals surface area contributed by atoms with Gasteiger partial charge in [0.05, 0.1) is 24.9 Å². The standard InChI is InChI=1S/C13H16N4O2.ClH/c18-13(6-11-8-19-4-3-14-11)16-10-1-2-12-9(5-10)7-15-17-12;/h1-2,5,7,11,14H,3-4,6,8H2,(H,15,17)(H,16,18);1H. The van der Waals surface area contributed by atoms with Crippen LogP contribution < -0.4 is 10.6 Å². The Labute approximate surface area is 122 Å². The summed E-state index contributed by atoms with van der Waals surface area (Å²) in [6, 6.07) is 5.77. The van der Waals surface area contributed by atoms with Gasteiger partial charge in [0.2, 0.25) is 5.91 Å². The molecular weight excluding hydrogens is 280 g/mol. The summed E-state index contributed by atoms with van der Waals surface area (Å²) in [6.07, 6.45) is 2.16. The summed E-state index contributed by atoms with van der Waals surface area (Å²) < 4.78 is 5.33. The van der Waals surface area contributed by atoms with Crippen LogP contribution >= 0.6 is 12.4 Å². The van der Waals surface area contributed by atoms with Crippen molar-refractivity contribution in [1.82, 2.24) is 15.5 Å². The smallest absolute Gasteiger partial charge is 0.226 e. The van der Waals surface area contributed by atoms with Gasteiger partial charge in [0.25, 0.3) is 0 Å². The summed E-state index contributed by atoms with van der Waals surface area (Å²) in [5.41, 5.74) is 1.75. The Morgan fingerprint density at radius 2 is 2.40 bits per heavy atom. The predicted molar refractivity (Wildman–Crippen MR) is 79.2 cm³/mol. The molecule has 20 heavy (non-hydrogen) atoms. The number of aromatic nitrogens is 2. The summed E-state index contributed by atoms with van der Waals surface area (Å²) in [4.78, 5) is 11.9. The number of carbonyl (C=O) groups excluding carboxylic acids is 1. The van der Waals surface area contributed by atoms with E-state index in [9.17, 15) is 4.79 Å². The van der Waals surface area contributed by atoms with Gasteiger partial charge in [0.15, 0.2) is 0 Å². The van der Waals surface area contributed by atoms with Crippen LogP contribution in [0.2, 0.25) is 0 Å². The number of H-pyrrole nitrogens is 1. The number of carbonyl (C=O) groups is 1. The Balaban J connectivity index is 0.00000147. The molecule has 0 saturated carbocycles. The maximum absolute atomic E-state index is 11.9. The fourth-order valence-corrected chi connectivity index (χ4v) is 2.21. The topological polar surface area (TPSA) is 79.0 Å². The number of aromatic amines is 1. The van der Waals surface area contributed by atoms with Gasteiger partial charge in [-0.2, -0.15) is 5.10 Å². The molecule has 0 radical (unpaired) electrons. The number of nitrogens with one attached hydrogen (secondary N) is 3. The third-order valence-electron chi connectivity index (χ3n) is 3.15. The Hall–Kier alpha value is -1.63. The number of anilines is 1. The Bertz CT molecular complexity index is 581. The monoisotopic (exact) mass is 296 g/mol. The Morgan fingerprint density at radius 1 is 1.50 bits per heavy atom. The van der Waals surface area contributed by atoms with Gasteiger partial charge in [-0.3, -0.25) is 9.89 Å². The quantitative estimate of drug-likeness (QED) is 0.798. The molecule has 1 aromatic heterocycles. The molecule has 1 unspecified atom stereocenters. The van der Waals surface area contributed by atoms with Crippen LogP contribution in [0.4, 0.5) is 5.69 Å². The molecule has 3 rings (SSSR count). The van der Waals surface area contributed by atoms with Crippen molar-refractivity contribution in [2.75, 3.05) is 25.1 Å². The van der Waals surface area contributed by atoms with E-state index < -0.39 is 0 Å². The molecule has 3 N–H and O–H groups in total. The van der Waals surface area contributed by atoms with Crippen LogP contribution in [0.5, 0.6) is 0 Å². The Morgan fingerprint density at radius 3 is 3.20 bits per heavy atom. The fourth-order valence-electron chi connectivity index (χ4n) is 2.21. The minimum absolute atomic E-state index is 0. The number of amides is 1. The first-order valence-corrected chi connectivity index (χ1v) is 6.35. The lowest BCUT2D eigenvalue weighted by molar-refractivity contribution is -0.117. The van der Waals surface area contributed by atoms with E-state index in [1.807, 2.05) is 18.2 Å². The number of hydrogen-bond acceptors (Lipinski definition) is 4. The summed E-state index contributed by atoms with van der Waals surface area (Å²) in [5, 5.41) is 14.0. The second-order valence-electron chi connectivity index (χ2n) is 4.65. The predicted octanol–water partition coefficient (Wildman–Crippen LogP) is 1.30. The van der Waals surface area contributed by atoms with Gasteiger partial charge >= 0.3 is 0 Å². The van der Waals surface area contributed by atoms with Crippen molar-refractivity contribution in [2.24, 2.45) is 0 Å². The summed E-state index contributed by atoms with van der Waals surface area (Å²) >= 11 is 0. The SMILES string of the molecule is Cl.O=C(CC1COCCN1)Nc1ccc2[nH]ncc2c1. The van der Waals surface area contributed by atoms with Crippen LogP contribution in [0.1, 0.15) is 6.42 Å². The number of benzene rings is 1. The Kier molecular flexibility index (Phi) is 4.94. The molecule has 1 aliphatic heterocycles. The van der Waals surface area contributed by atoms with Crippen molar-refractivity contribution in [3.05, 3.63) is 24.4 Å². The number of nitrogens with zero attached hydrogens (tertiary/aromatic N) is 1.